The summed E-state index contributed by atoms with van der Waals surface area (Å²) in [5.41, 5.74) is 0.998. The van der Waals surface area contributed by atoms with Crippen molar-refractivity contribution in [2.45, 2.75) is 33.6 Å². The third-order valence-corrected chi connectivity index (χ3v) is 2.87. The molecule has 0 aliphatic rings. The van der Waals surface area contributed by atoms with E-state index >= 15 is 0 Å². The van der Waals surface area contributed by atoms with E-state index in [1.807, 2.05) is 10.8 Å². The molecule has 0 atom stereocenters. The van der Waals surface area contributed by atoms with Crippen molar-refractivity contribution in [2.75, 3.05) is 6.61 Å². The molecule has 0 aromatic carbocycles. The van der Waals surface area contributed by atoms with Crippen molar-refractivity contribution in [1.29, 1.82) is 0 Å². The first-order valence-electron chi connectivity index (χ1n) is 6.70. The summed E-state index contributed by atoms with van der Waals surface area (Å²) in [6.07, 6.45) is 6.91. The summed E-state index contributed by atoms with van der Waals surface area (Å²) in [7, 11) is 0. The minimum absolute atomic E-state index is 0.336. The molecule has 0 amide bonds. The molecule has 0 unspecified atom stereocenters. The molecule has 0 saturated heterocycles. The molecule has 0 aliphatic heterocycles. The van der Waals surface area contributed by atoms with E-state index in [4.69, 9.17) is 4.74 Å². The molecule has 0 bridgehead atoms. The Hall–Kier alpha value is -2.24. The number of aromatic nitrogens is 4. The first kappa shape index (κ1) is 14.2. The Morgan fingerprint density at radius 1 is 1.35 bits per heavy atom. The van der Waals surface area contributed by atoms with Gasteiger partial charge in [-0.15, -0.1) is 0 Å². The Bertz CT molecular complexity index is 607. The second-order valence-corrected chi connectivity index (χ2v) is 4.35. The van der Waals surface area contributed by atoms with Crippen molar-refractivity contribution in [1.82, 2.24) is 19.5 Å². The van der Waals surface area contributed by atoms with Crippen LogP contribution in [0, 0.1) is 6.92 Å². The molecule has 2 rings (SSSR count). The van der Waals surface area contributed by atoms with Gasteiger partial charge < -0.3 is 4.74 Å². The van der Waals surface area contributed by atoms with Gasteiger partial charge in [-0.05, 0) is 20.3 Å². The van der Waals surface area contributed by atoms with Gasteiger partial charge in [-0.1, -0.05) is 6.92 Å². The fraction of sp³-hybridized carbons (Fsp3) is 0.429. The van der Waals surface area contributed by atoms with Crippen molar-refractivity contribution in [3.8, 4) is 5.95 Å². The molecule has 6 heteroatoms. The van der Waals surface area contributed by atoms with E-state index < -0.39 is 5.97 Å². The monoisotopic (exact) mass is 274 g/mol. The number of rotatable bonds is 5. The molecule has 0 fully saturated rings. The van der Waals surface area contributed by atoms with Crippen molar-refractivity contribution >= 4 is 5.97 Å². The smallest absolute Gasteiger partial charge is 0.341 e. The number of nitrogens with zero attached hydrogens (tertiary/aromatic N) is 4. The predicted molar refractivity (Wildman–Crippen MR) is 73.8 cm³/mol. The molecule has 6 nitrogen and oxygen atoms in total. The molecular weight excluding hydrogens is 256 g/mol. The van der Waals surface area contributed by atoms with E-state index in [9.17, 15) is 4.79 Å². The lowest BCUT2D eigenvalue weighted by Gasteiger charge is -2.08. The molecule has 2 aromatic heterocycles. The van der Waals surface area contributed by atoms with E-state index in [-0.39, 0.29) is 0 Å². The third-order valence-electron chi connectivity index (χ3n) is 2.87. The summed E-state index contributed by atoms with van der Waals surface area (Å²) in [6.45, 7) is 5.97. The van der Waals surface area contributed by atoms with Crippen molar-refractivity contribution < 1.29 is 9.53 Å². The predicted octanol–water partition coefficient (Wildman–Crippen LogP) is 2.10. The van der Waals surface area contributed by atoms with Gasteiger partial charge in [0.25, 0.3) is 0 Å². The standard InChI is InChI=1S/C14H18N4O2/c1-4-6-12-15-7-8-18(12)14-16-9-11(10(3)17-14)13(19)20-5-2/h7-9H,4-6H2,1-3H3. The minimum atomic E-state index is -0.393. The van der Waals surface area contributed by atoms with E-state index in [1.165, 1.54) is 6.20 Å². The highest BCUT2D eigenvalue weighted by Gasteiger charge is 2.14. The van der Waals surface area contributed by atoms with Crippen LogP contribution in [0.15, 0.2) is 18.6 Å². The number of hydrogen-bond donors (Lipinski definition) is 0. The van der Waals surface area contributed by atoms with Crippen LogP contribution in [-0.2, 0) is 11.2 Å². The molecule has 106 valence electrons. The van der Waals surface area contributed by atoms with Crippen molar-refractivity contribution in [2.24, 2.45) is 0 Å². The van der Waals surface area contributed by atoms with Crippen LogP contribution in [0.2, 0.25) is 0 Å². The van der Waals surface area contributed by atoms with Crippen LogP contribution in [0.4, 0.5) is 0 Å². The second-order valence-electron chi connectivity index (χ2n) is 4.35. The van der Waals surface area contributed by atoms with E-state index in [0.717, 1.165) is 18.7 Å². The minimum Gasteiger partial charge on any atom is -0.462 e. The highest BCUT2D eigenvalue weighted by Crippen LogP contribution is 2.11. The number of imidazole rings is 1. The van der Waals surface area contributed by atoms with E-state index in [0.29, 0.717) is 23.8 Å². The number of carbonyl (C=O) groups is 1. The molecule has 2 aromatic rings. The molecule has 0 radical (unpaired) electrons. The van der Waals surface area contributed by atoms with E-state index in [2.05, 4.69) is 21.9 Å². The molecule has 0 N–H and O–H groups in total. The summed E-state index contributed by atoms with van der Waals surface area (Å²) >= 11 is 0. The fourth-order valence-corrected chi connectivity index (χ4v) is 1.91. The van der Waals surface area contributed by atoms with Gasteiger partial charge >= 0.3 is 5.97 Å². The van der Waals surface area contributed by atoms with Crippen molar-refractivity contribution in [3.63, 3.8) is 0 Å². The van der Waals surface area contributed by atoms with Crippen LogP contribution in [0.25, 0.3) is 5.95 Å². The summed E-state index contributed by atoms with van der Waals surface area (Å²) in [4.78, 5) is 24.6. The molecule has 0 aliphatic carbocycles. The van der Waals surface area contributed by atoms with E-state index in [1.54, 1.807) is 20.0 Å². The highest BCUT2D eigenvalue weighted by atomic mass is 16.5. The van der Waals surface area contributed by atoms with Gasteiger partial charge in [-0.2, -0.15) is 0 Å². The Morgan fingerprint density at radius 2 is 2.15 bits per heavy atom. The zero-order valence-electron chi connectivity index (χ0n) is 12.0. The van der Waals surface area contributed by atoms with Crippen LogP contribution in [0.1, 0.15) is 42.1 Å². The van der Waals surface area contributed by atoms with Gasteiger partial charge in [0.15, 0.2) is 0 Å². The number of hydrogen-bond acceptors (Lipinski definition) is 5. The summed E-state index contributed by atoms with van der Waals surface area (Å²) in [5.74, 6) is 1.04. The molecule has 0 spiro atoms. The summed E-state index contributed by atoms with van der Waals surface area (Å²) in [6, 6.07) is 0. The van der Waals surface area contributed by atoms with Crippen LogP contribution in [-0.4, -0.2) is 32.1 Å². The van der Waals surface area contributed by atoms with Crippen LogP contribution in [0.5, 0.6) is 0 Å². The van der Waals surface area contributed by atoms with Crippen LogP contribution < -0.4 is 0 Å². The zero-order valence-corrected chi connectivity index (χ0v) is 12.0. The maximum absolute atomic E-state index is 11.7. The maximum Gasteiger partial charge on any atom is 0.341 e. The van der Waals surface area contributed by atoms with Gasteiger partial charge in [-0.3, -0.25) is 4.57 Å². The number of esters is 1. The van der Waals surface area contributed by atoms with Gasteiger partial charge in [0.2, 0.25) is 5.95 Å². The first-order chi connectivity index (χ1) is 9.67. The lowest BCUT2D eigenvalue weighted by Crippen LogP contribution is -2.12. The topological polar surface area (TPSA) is 69.9 Å². The second kappa shape index (κ2) is 6.27. The van der Waals surface area contributed by atoms with Crippen LogP contribution >= 0.6 is 0 Å². The zero-order chi connectivity index (χ0) is 14.5. The average Bonchev–Trinajstić information content (AvgIpc) is 2.87. The Kier molecular flexibility index (Phi) is 4.45. The largest absolute Gasteiger partial charge is 0.462 e. The third kappa shape index (κ3) is 2.84. The fourth-order valence-electron chi connectivity index (χ4n) is 1.91. The summed E-state index contributed by atoms with van der Waals surface area (Å²) in [5, 5.41) is 0. The average molecular weight is 274 g/mol. The quantitative estimate of drug-likeness (QED) is 0.781. The van der Waals surface area contributed by atoms with Gasteiger partial charge in [-0.25, -0.2) is 19.7 Å². The molecular formula is C14H18N4O2. The first-order valence-corrected chi connectivity index (χ1v) is 6.70. The highest BCUT2D eigenvalue weighted by molar-refractivity contribution is 5.90. The summed E-state index contributed by atoms with van der Waals surface area (Å²) < 4.78 is 6.80. The number of ether oxygens (including phenoxy) is 1. The van der Waals surface area contributed by atoms with Crippen LogP contribution in [0.3, 0.4) is 0 Å². The number of carbonyl (C=O) groups excluding carboxylic acids is 1. The van der Waals surface area contributed by atoms with Gasteiger partial charge in [0.05, 0.1) is 17.9 Å². The van der Waals surface area contributed by atoms with Crippen molar-refractivity contribution in [3.05, 3.63) is 35.7 Å². The Labute approximate surface area is 117 Å². The number of aryl methyl sites for hydroxylation is 2. The maximum atomic E-state index is 11.7. The van der Waals surface area contributed by atoms with Gasteiger partial charge in [0.1, 0.15) is 5.82 Å². The Morgan fingerprint density at radius 3 is 2.80 bits per heavy atom. The molecule has 0 saturated carbocycles. The van der Waals surface area contributed by atoms with Gasteiger partial charge in [0, 0.05) is 25.0 Å². The molecule has 2 heterocycles. The SMILES string of the molecule is CCCc1nccn1-c1ncc(C(=O)OCC)c(C)n1. The Balaban J connectivity index is 2.33. The molecule has 20 heavy (non-hydrogen) atoms. The normalized spacial score (nSPS) is 10.6. The lowest BCUT2D eigenvalue weighted by molar-refractivity contribution is 0.0524. The lowest BCUT2D eigenvalue weighted by atomic mass is 10.2.